The van der Waals surface area contributed by atoms with Crippen LogP contribution >= 0.6 is 0 Å². The van der Waals surface area contributed by atoms with Crippen molar-refractivity contribution >= 4 is 19.9 Å². The zero-order valence-corrected chi connectivity index (χ0v) is 22.7. The minimum Gasteiger partial charge on any atom is -0.855 e. The standard InChI is InChI=1S/C12H11Si.2C5H5.2C2H5O.Hf/c1-3-7-11(8-4-1)13-12-9-5-2-6-10-12;2*1-2-4-5-3-1;2*1-2-3;/h1-10,13H;2*1-3H,4H2;2*2H2,1H3;/q;4*-1;+4. The van der Waals surface area contributed by atoms with Gasteiger partial charge in [-0.1, -0.05) is 84.9 Å². The van der Waals surface area contributed by atoms with Crippen molar-refractivity contribution in [3.63, 3.8) is 0 Å². The SMILES string of the molecule is CC[O-].CC[O-].[C-]1=CC=CC1.[C-]1=CC=CC1.[Hf+4].c1ccc([SiH]c2ccccc2)cc1. The Labute approximate surface area is 204 Å². The smallest absolute Gasteiger partial charge is 0.855 e. The average Bonchev–Trinajstić information content (AvgIpc) is 3.50. The maximum Gasteiger partial charge on any atom is 4.00 e. The number of hydrogen-bond acceptors (Lipinski definition) is 2. The molecular formula is C26H31HfO2Si. The predicted molar refractivity (Wildman–Crippen MR) is 124 cm³/mol. The van der Waals surface area contributed by atoms with E-state index < -0.39 is 0 Å². The second kappa shape index (κ2) is 25.4. The molecule has 0 fully saturated rings. The van der Waals surface area contributed by atoms with Gasteiger partial charge in [-0.3, -0.25) is 12.2 Å². The van der Waals surface area contributed by atoms with Crippen LogP contribution in [0.4, 0.5) is 0 Å². The van der Waals surface area contributed by atoms with Crippen LogP contribution in [0.1, 0.15) is 26.7 Å². The molecule has 0 saturated heterocycles. The van der Waals surface area contributed by atoms with Crippen molar-refractivity contribution in [3.8, 4) is 0 Å². The van der Waals surface area contributed by atoms with E-state index in [-0.39, 0.29) is 48.6 Å². The summed E-state index contributed by atoms with van der Waals surface area (Å²) in [7, 11) is 0.271. The second-order valence-corrected chi connectivity index (χ2v) is 7.17. The molecule has 0 bridgehead atoms. The van der Waals surface area contributed by atoms with Crippen molar-refractivity contribution in [2.24, 2.45) is 0 Å². The van der Waals surface area contributed by atoms with Gasteiger partial charge in [-0.15, -0.1) is 26.1 Å². The van der Waals surface area contributed by atoms with Gasteiger partial charge in [0, 0.05) is 0 Å². The first-order valence-corrected chi connectivity index (χ1v) is 11.0. The zero-order valence-electron chi connectivity index (χ0n) is 18.0. The molecule has 0 N–H and O–H groups in total. The van der Waals surface area contributed by atoms with Crippen LogP contribution < -0.4 is 20.6 Å². The largest absolute Gasteiger partial charge is 4.00 e. The fourth-order valence-electron chi connectivity index (χ4n) is 1.97. The monoisotopic (exact) mass is 583 g/mol. The molecule has 0 amide bonds. The molecule has 0 aromatic heterocycles. The third-order valence-electron chi connectivity index (χ3n) is 3.10. The van der Waals surface area contributed by atoms with Crippen LogP contribution in [0.2, 0.25) is 0 Å². The molecule has 0 aliphatic heterocycles. The van der Waals surface area contributed by atoms with Crippen molar-refractivity contribution in [2.45, 2.75) is 26.7 Å². The molecule has 2 aliphatic rings. The quantitative estimate of drug-likeness (QED) is 0.404. The van der Waals surface area contributed by atoms with E-state index in [1.165, 1.54) is 10.4 Å². The van der Waals surface area contributed by atoms with E-state index in [4.69, 9.17) is 10.2 Å². The van der Waals surface area contributed by atoms with Crippen LogP contribution in [0.3, 0.4) is 0 Å². The maximum absolute atomic E-state index is 8.93. The Morgan fingerprint density at radius 1 is 0.700 bits per heavy atom. The van der Waals surface area contributed by atoms with Crippen LogP contribution in [0, 0.1) is 12.2 Å². The molecule has 2 aromatic carbocycles. The molecule has 4 rings (SSSR count). The van der Waals surface area contributed by atoms with Crippen molar-refractivity contribution in [1.82, 2.24) is 0 Å². The summed E-state index contributed by atoms with van der Waals surface area (Å²) in [6, 6.07) is 21.3. The van der Waals surface area contributed by atoms with Crippen molar-refractivity contribution in [1.29, 1.82) is 0 Å². The predicted octanol–water partition coefficient (Wildman–Crippen LogP) is 2.42. The van der Waals surface area contributed by atoms with Crippen LogP contribution in [0.5, 0.6) is 0 Å². The molecule has 2 aliphatic carbocycles. The molecule has 2 aromatic rings. The van der Waals surface area contributed by atoms with E-state index in [1.807, 2.05) is 24.3 Å². The molecule has 155 valence electrons. The number of rotatable bonds is 2. The van der Waals surface area contributed by atoms with E-state index in [2.05, 4.69) is 85.0 Å². The molecule has 2 nitrogen and oxygen atoms in total. The van der Waals surface area contributed by atoms with Crippen molar-refractivity contribution < 1.29 is 36.1 Å². The molecule has 0 unspecified atom stereocenters. The van der Waals surface area contributed by atoms with E-state index in [1.54, 1.807) is 13.8 Å². The van der Waals surface area contributed by atoms with E-state index in [9.17, 15) is 0 Å². The molecule has 0 heterocycles. The summed E-state index contributed by atoms with van der Waals surface area (Å²) in [6.45, 7) is 3.14. The van der Waals surface area contributed by atoms with Gasteiger partial charge in [-0.2, -0.15) is 12.2 Å². The van der Waals surface area contributed by atoms with Crippen LogP contribution in [-0.4, -0.2) is 22.7 Å². The first kappa shape index (κ1) is 30.6. The minimum absolute atomic E-state index is 0. The number of benzene rings is 2. The van der Waals surface area contributed by atoms with Gasteiger partial charge in [0.2, 0.25) is 0 Å². The molecule has 0 spiro atoms. The summed E-state index contributed by atoms with van der Waals surface area (Å²) in [4.78, 5) is 0. The van der Waals surface area contributed by atoms with Crippen molar-refractivity contribution in [3.05, 3.63) is 109 Å². The third kappa shape index (κ3) is 21.1. The summed E-state index contributed by atoms with van der Waals surface area (Å²) in [6.07, 6.45) is 20.0. The van der Waals surface area contributed by atoms with Crippen LogP contribution in [-0.2, 0) is 25.8 Å². The maximum atomic E-state index is 8.93. The molecule has 0 atom stereocenters. The Morgan fingerprint density at radius 3 is 1.23 bits per heavy atom. The van der Waals surface area contributed by atoms with Gasteiger partial charge in [0.1, 0.15) is 9.52 Å². The normalized spacial score (nSPS) is 11.3. The van der Waals surface area contributed by atoms with E-state index in [0.29, 0.717) is 0 Å². The molecule has 1 radical (unpaired) electrons. The summed E-state index contributed by atoms with van der Waals surface area (Å²) in [5.41, 5.74) is 0. The van der Waals surface area contributed by atoms with Gasteiger partial charge in [-0.25, -0.2) is 24.3 Å². The zero-order chi connectivity index (χ0) is 21.4. The van der Waals surface area contributed by atoms with E-state index >= 15 is 0 Å². The minimum atomic E-state index is 0. The second-order valence-electron chi connectivity index (χ2n) is 5.55. The number of allylic oxidation sites excluding steroid dienone is 8. The van der Waals surface area contributed by atoms with Crippen LogP contribution in [0.25, 0.3) is 0 Å². The average molecular weight is 582 g/mol. The first-order valence-electron chi connectivity index (χ1n) is 9.82. The summed E-state index contributed by atoms with van der Waals surface area (Å²) < 4.78 is 0. The summed E-state index contributed by atoms with van der Waals surface area (Å²) in [5.74, 6) is 0. The molecule has 30 heavy (non-hydrogen) atoms. The van der Waals surface area contributed by atoms with Crippen molar-refractivity contribution in [2.75, 3.05) is 13.2 Å². The molecule has 4 heteroatoms. The Morgan fingerprint density at radius 2 is 1.03 bits per heavy atom. The Hall–Kier alpha value is -1.59. The van der Waals surface area contributed by atoms with Gasteiger partial charge in [0.15, 0.2) is 0 Å². The molecular weight excluding hydrogens is 551 g/mol. The molecule has 0 saturated carbocycles. The third-order valence-corrected chi connectivity index (χ3v) is 4.54. The van der Waals surface area contributed by atoms with E-state index in [0.717, 1.165) is 12.8 Å². The summed E-state index contributed by atoms with van der Waals surface area (Å²) in [5, 5.41) is 20.8. The first-order chi connectivity index (χ1) is 14.3. The van der Waals surface area contributed by atoms with Gasteiger partial charge < -0.3 is 10.2 Å². The fourth-order valence-corrected chi connectivity index (χ4v) is 3.19. The Balaban J connectivity index is 0. The summed E-state index contributed by atoms with van der Waals surface area (Å²) >= 11 is 0. The topological polar surface area (TPSA) is 46.1 Å². The fraction of sp³-hybridized carbons (Fsp3) is 0.231. The van der Waals surface area contributed by atoms with Crippen LogP contribution in [0.15, 0.2) is 97.1 Å². The van der Waals surface area contributed by atoms with Gasteiger partial charge in [0.25, 0.3) is 0 Å². The number of hydrogen-bond donors (Lipinski definition) is 0. The Kier molecular flexibility index (Phi) is 26.0. The Bertz CT molecular complexity index is 614. The van der Waals surface area contributed by atoms with Gasteiger partial charge in [-0.05, 0) is 0 Å². The van der Waals surface area contributed by atoms with Gasteiger partial charge >= 0.3 is 25.8 Å². The van der Waals surface area contributed by atoms with Gasteiger partial charge in [0.05, 0.1) is 0 Å².